The Balaban J connectivity index is 0.00000325. The second-order valence-electron chi connectivity index (χ2n) is 11.9. The van der Waals surface area contributed by atoms with E-state index in [1.165, 1.54) is 0 Å². The van der Waals surface area contributed by atoms with Crippen molar-refractivity contribution in [3.63, 3.8) is 0 Å². The Morgan fingerprint density at radius 1 is 0.469 bits per heavy atom. The van der Waals surface area contributed by atoms with Crippen molar-refractivity contribution in [3.8, 4) is 45.2 Å². The molecule has 0 amide bonds. The van der Waals surface area contributed by atoms with E-state index in [2.05, 4.69) is 72.8 Å². The third kappa shape index (κ3) is 4.84. The Bertz CT molecular complexity index is 2740. The summed E-state index contributed by atoms with van der Waals surface area (Å²) in [4.78, 5) is 15.3. The predicted octanol–water partition coefficient (Wildman–Crippen LogP) is 11.3. The zero-order valence-electron chi connectivity index (χ0n) is 25.8. The maximum atomic E-state index is 6.46. The second kappa shape index (κ2) is 11.6. The zero-order chi connectivity index (χ0) is 31.6. The van der Waals surface area contributed by atoms with Crippen LogP contribution in [0.25, 0.3) is 99.9 Å². The SMILES string of the molecule is [Ir].[c-]1ccc(-c2nc(-c3cccc4c3oc3ccccc34)cc(-c3cccc4c3oc3ccccc34)n2)cc1-c1ccc2ccccc2n1. The van der Waals surface area contributed by atoms with E-state index < -0.39 is 0 Å². The number of rotatable bonds is 4. The van der Waals surface area contributed by atoms with Gasteiger partial charge in [-0.2, -0.15) is 0 Å². The molecule has 10 aromatic rings. The van der Waals surface area contributed by atoms with Gasteiger partial charge < -0.3 is 8.83 Å². The first-order chi connectivity index (χ1) is 23.8. The van der Waals surface area contributed by atoms with Gasteiger partial charge in [-0.1, -0.05) is 96.6 Å². The van der Waals surface area contributed by atoms with Gasteiger partial charge in [-0.05, 0) is 47.5 Å². The van der Waals surface area contributed by atoms with Crippen LogP contribution in [-0.2, 0) is 20.1 Å². The normalized spacial score (nSPS) is 11.5. The molecular formula is C43H24IrN3O2-. The molecular weight excluding hydrogens is 783 g/mol. The molecule has 49 heavy (non-hydrogen) atoms. The van der Waals surface area contributed by atoms with Gasteiger partial charge in [0, 0.05) is 52.8 Å². The number of hydrogen-bond acceptors (Lipinski definition) is 5. The zero-order valence-corrected chi connectivity index (χ0v) is 28.2. The molecule has 0 aliphatic carbocycles. The number of para-hydroxylation sites is 5. The van der Waals surface area contributed by atoms with Crippen molar-refractivity contribution < 1.29 is 28.9 Å². The maximum Gasteiger partial charge on any atom is 0.144 e. The van der Waals surface area contributed by atoms with Crippen LogP contribution < -0.4 is 0 Å². The van der Waals surface area contributed by atoms with Crippen molar-refractivity contribution in [1.82, 2.24) is 15.0 Å². The monoisotopic (exact) mass is 807 g/mol. The molecule has 0 spiro atoms. The van der Waals surface area contributed by atoms with E-state index in [1.54, 1.807) is 0 Å². The summed E-state index contributed by atoms with van der Waals surface area (Å²) in [6.45, 7) is 0. The Morgan fingerprint density at radius 3 is 1.73 bits per heavy atom. The molecule has 6 aromatic carbocycles. The van der Waals surface area contributed by atoms with E-state index in [9.17, 15) is 0 Å². The number of nitrogens with zero attached hydrogens (tertiary/aromatic N) is 3. The van der Waals surface area contributed by atoms with Crippen LogP contribution in [0, 0.1) is 6.07 Å². The molecule has 0 saturated heterocycles. The van der Waals surface area contributed by atoms with E-state index >= 15 is 0 Å². The standard InChI is InChI=1S/C43H24N3O2.Ir/c1-4-19-35-26(10-1)22-23-36(44-35)27-11-7-12-28(24-27)43-45-37(33-17-8-15-31-29-13-2-5-20-39(29)47-41(31)33)25-38(46-43)34-18-9-16-32-30-14-3-6-21-40(30)48-42(32)34;/h1-10,12-25H;/q-1;. The van der Waals surface area contributed by atoms with Gasteiger partial charge in [0.05, 0.1) is 16.9 Å². The van der Waals surface area contributed by atoms with E-state index in [1.807, 2.05) is 78.9 Å². The number of aromatic nitrogens is 3. The van der Waals surface area contributed by atoms with Crippen molar-refractivity contribution >= 4 is 54.8 Å². The molecule has 10 rings (SSSR count). The minimum absolute atomic E-state index is 0. The van der Waals surface area contributed by atoms with Gasteiger partial charge in [-0.25, -0.2) is 9.97 Å². The minimum atomic E-state index is 0. The Labute approximate surface area is 294 Å². The fourth-order valence-electron chi connectivity index (χ4n) is 6.72. The molecule has 0 aliphatic rings. The van der Waals surface area contributed by atoms with Crippen molar-refractivity contribution in [3.05, 3.63) is 152 Å². The van der Waals surface area contributed by atoms with Crippen LogP contribution in [0.5, 0.6) is 0 Å². The van der Waals surface area contributed by atoms with Gasteiger partial charge in [0.2, 0.25) is 0 Å². The van der Waals surface area contributed by atoms with Crippen LogP contribution in [0.2, 0.25) is 0 Å². The maximum absolute atomic E-state index is 6.46. The van der Waals surface area contributed by atoms with Crippen molar-refractivity contribution in [2.75, 3.05) is 0 Å². The average Bonchev–Trinajstić information content (AvgIpc) is 3.73. The molecule has 0 unspecified atom stereocenters. The minimum Gasteiger partial charge on any atom is -0.455 e. The predicted molar refractivity (Wildman–Crippen MR) is 192 cm³/mol. The number of furan rings is 2. The van der Waals surface area contributed by atoms with E-state index in [0.29, 0.717) is 5.82 Å². The van der Waals surface area contributed by atoms with Crippen LogP contribution in [-0.4, -0.2) is 15.0 Å². The number of hydrogen-bond donors (Lipinski definition) is 0. The van der Waals surface area contributed by atoms with Crippen LogP contribution in [0.3, 0.4) is 0 Å². The summed E-state index contributed by atoms with van der Waals surface area (Å²) >= 11 is 0. The molecule has 4 aromatic heterocycles. The Morgan fingerprint density at radius 2 is 1.06 bits per heavy atom. The molecule has 0 aliphatic heterocycles. The Kier molecular flexibility index (Phi) is 6.94. The summed E-state index contributed by atoms with van der Waals surface area (Å²) in [5.74, 6) is 0.583. The molecule has 0 atom stereocenters. The summed E-state index contributed by atoms with van der Waals surface area (Å²) in [5.41, 5.74) is 10.1. The molecule has 6 heteroatoms. The topological polar surface area (TPSA) is 65.0 Å². The fraction of sp³-hybridized carbons (Fsp3) is 0. The summed E-state index contributed by atoms with van der Waals surface area (Å²) in [6.07, 6.45) is 0. The van der Waals surface area contributed by atoms with Crippen LogP contribution in [0.4, 0.5) is 0 Å². The molecule has 0 bridgehead atoms. The van der Waals surface area contributed by atoms with Crippen LogP contribution in [0.1, 0.15) is 0 Å². The summed E-state index contributed by atoms with van der Waals surface area (Å²) in [5, 5.41) is 5.33. The number of pyridine rings is 1. The first kappa shape index (κ1) is 29.2. The summed E-state index contributed by atoms with van der Waals surface area (Å²) < 4.78 is 12.9. The number of fused-ring (bicyclic) bond motifs is 7. The first-order valence-corrected chi connectivity index (χ1v) is 15.9. The van der Waals surface area contributed by atoms with E-state index in [-0.39, 0.29) is 20.1 Å². The van der Waals surface area contributed by atoms with Crippen molar-refractivity contribution in [2.45, 2.75) is 0 Å². The van der Waals surface area contributed by atoms with E-state index in [4.69, 9.17) is 23.8 Å². The van der Waals surface area contributed by atoms with Crippen LogP contribution in [0.15, 0.2) is 154 Å². The quantitative estimate of drug-likeness (QED) is 0.166. The van der Waals surface area contributed by atoms with Gasteiger partial charge in [0.15, 0.2) is 0 Å². The molecule has 1 radical (unpaired) electrons. The largest absolute Gasteiger partial charge is 0.455 e. The van der Waals surface area contributed by atoms with Gasteiger partial charge in [0.1, 0.15) is 28.2 Å². The summed E-state index contributed by atoms with van der Waals surface area (Å²) in [6, 6.07) is 52.3. The Hall–Kier alpha value is -5.94. The second-order valence-corrected chi connectivity index (χ2v) is 11.9. The average molecular weight is 807 g/mol. The van der Waals surface area contributed by atoms with Crippen molar-refractivity contribution in [2.24, 2.45) is 0 Å². The van der Waals surface area contributed by atoms with Gasteiger partial charge in [-0.3, -0.25) is 4.98 Å². The third-order valence-corrected chi connectivity index (χ3v) is 9.02. The fourth-order valence-corrected chi connectivity index (χ4v) is 6.72. The van der Waals surface area contributed by atoms with E-state index in [0.717, 1.165) is 94.1 Å². The van der Waals surface area contributed by atoms with Gasteiger partial charge >= 0.3 is 0 Å². The smallest absolute Gasteiger partial charge is 0.144 e. The molecule has 0 N–H and O–H groups in total. The first-order valence-electron chi connectivity index (χ1n) is 15.9. The van der Waals surface area contributed by atoms with Crippen LogP contribution >= 0.6 is 0 Å². The molecule has 0 fully saturated rings. The van der Waals surface area contributed by atoms with Gasteiger partial charge in [-0.15, -0.1) is 29.8 Å². The third-order valence-electron chi connectivity index (χ3n) is 9.02. The molecule has 0 saturated carbocycles. The molecule has 4 heterocycles. The molecule has 5 nitrogen and oxygen atoms in total. The molecule has 233 valence electrons. The van der Waals surface area contributed by atoms with Crippen molar-refractivity contribution in [1.29, 1.82) is 0 Å². The van der Waals surface area contributed by atoms with Gasteiger partial charge in [0.25, 0.3) is 0 Å². The number of benzene rings is 6. The summed E-state index contributed by atoms with van der Waals surface area (Å²) in [7, 11) is 0.